The van der Waals surface area contributed by atoms with Crippen LogP contribution < -0.4 is 9.88 Å². The minimum atomic E-state index is -0.588. The first-order chi connectivity index (χ1) is 13.9. The summed E-state index contributed by atoms with van der Waals surface area (Å²) in [6.45, 7) is 7.07. The Bertz CT molecular complexity index is 961. The fraction of sp³-hybridized carbons (Fsp3) is 0.240. The normalized spacial score (nSPS) is 12.2. The molecule has 0 amide bonds. The van der Waals surface area contributed by atoms with Crippen molar-refractivity contribution in [3.8, 4) is 0 Å². The van der Waals surface area contributed by atoms with Crippen LogP contribution in [0.4, 0.5) is 0 Å². The largest absolute Gasteiger partial charge is 0.370 e. The van der Waals surface area contributed by atoms with Crippen molar-refractivity contribution >= 4 is 23.0 Å². The number of pyridine rings is 1. The van der Waals surface area contributed by atoms with Gasteiger partial charge in [0.2, 0.25) is 5.78 Å². The predicted molar refractivity (Wildman–Crippen MR) is 121 cm³/mol. The Balaban J connectivity index is 1.85. The van der Waals surface area contributed by atoms with Gasteiger partial charge >= 0.3 is 0 Å². The lowest BCUT2D eigenvalue weighted by Gasteiger charge is -2.19. The molecule has 0 unspecified atom stereocenters. The van der Waals surface area contributed by atoms with E-state index in [9.17, 15) is 4.79 Å². The number of Topliss-reactive ketones (excluding diaryl/α,β-unsaturated/α-hetero) is 1. The molecule has 1 atom stereocenters. The fourth-order valence-electron chi connectivity index (χ4n) is 3.15. The van der Waals surface area contributed by atoms with Gasteiger partial charge in [0.1, 0.15) is 0 Å². The molecule has 3 aromatic rings. The van der Waals surface area contributed by atoms with Crippen molar-refractivity contribution < 1.29 is 9.36 Å². The number of nitrogens with zero attached hydrogens (tertiary/aromatic N) is 1. The highest BCUT2D eigenvalue weighted by molar-refractivity contribution is 7.80. The van der Waals surface area contributed by atoms with Gasteiger partial charge in [0.25, 0.3) is 6.04 Å². The molecule has 1 aromatic heterocycles. The number of carbonyl (C=O) groups is 1. The van der Waals surface area contributed by atoms with Crippen molar-refractivity contribution in [2.24, 2.45) is 0 Å². The van der Waals surface area contributed by atoms with E-state index in [1.54, 1.807) is 0 Å². The minimum absolute atomic E-state index is 0.0211. The molecule has 0 spiro atoms. The monoisotopic (exact) mass is 403 g/mol. The van der Waals surface area contributed by atoms with E-state index < -0.39 is 6.04 Å². The molecule has 0 aliphatic carbocycles. The maximum atomic E-state index is 13.4. The van der Waals surface area contributed by atoms with Crippen molar-refractivity contribution in [3.63, 3.8) is 0 Å². The third-order valence-electron chi connectivity index (χ3n) is 4.88. The van der Waals surface area contributed by atoms with E-state index in [4.69, 9.17) is 12.2 Å². The molecule has 2 aromatic carbocycles. The average molecular weight is 404 g/mol. The van der Waals surface area contributed by atoms with Crippen LogP contribution in [0.2, 0.25) is 0 Å². The minimum Gasteiger partial charge on any atom is -0.370 e. The number of nitrogens with one attached hydrogen (secondary N) is 1. The van der Waals surface area contributed by atoms with E-state index in [1.165, 1.54) is 5.56 Å². The van der Waals surface area contributed by atoms with Crippen molar-refractivity contribution in [1.29, 1.82) is 0 Å². The third-order valence-corrected chi connectivity index (χ3v) is 5.25. The van der Waals surface area contributed by atoms with Gasteiger partial charge < -0.3 is 5.32 Å². The van der Waals surface area contributed by atoms with Gasteiger partial charge in [-0.2, -0.15) is 4.57 Å². The van der Waals surface area contributed by atoms with Crippen molar-refractivity contribution in [2.75, 3.05) is 0 Å². The molecule has 0 saturated heterocycles. The van der Waals surface area contributed by atoms with Gasteiger partial charge in [-0.05, 0) is 16.5 Å². The molecule has 0 bridgehead atoms. The second kappa shape index (κ2) is 9.10. The maximum Gasteiger partial charge on any atom is 0.270 e. The lowest BCUT2D eigenvalue weighted by molar-refractivity contribution is -0.692. The number of benzene rings is 2. The smallest absolute Gasteiger partial charge is 0.270 e. The molecule has 0 aliphatic rings. The molecule has 4 heteroatoms. The summed E-state index contributed by atoms with van der Waals surface area (Å²) in [5.41, 5.74) is 3.02. The third kappa shape index (κ3) is 5.36. The summed E-state index contributed by atoms with van der Waals surface area (Å²) < 4.78 is 1.86. The van der Waals surface area contributed by atoms with Crippen molar-refractivity contribution in [2.45, 2.75) is 38.8 Å². The number of thiocarbonyl (C=S) groups is 1. The molecule has 29 heavy (non-hydrogen) atoms. The van der Waals surface area contributed by atoms with Gasteiger partial charge in [-0.15, -0.1) is 0 Å². The van der Waals surface area contributed by atoms with Crippen LogP contribution in [0.3, 0.4) is 0 Å². The number of rotatable bonds is 6. The van der Waals surface area contributed by atoms with Gasteiger partial charge in [-0.25, -0.2) is 0 Å². The molecule has 0 radical (unpaired) electrons. The quantitative estimate of drug-likeness (QED) is 0.364. The Labute approximate surface area is 178 Å². The number of hydrogen-bond donors (Lipinski definition) is 1. The number of aromatic nitrogens is 1. The zero-order chi connectivity index (χ0) is 20.9. The molecule has 3 nitrogen and oxygen atoms in total. The first-order valence-electron chi connectivity index (χ1n) is 9.78. The molecule has 1 N–H and O–H groups in total. The molecule has 148 valence electrons. The second-order valence-electron chi connectivity index (χ2n) is 8.12. The van der Waals surface area contributed by atoms with E-state index in [1.807, 2.05) is 89.8 Å². The summed E-state index contributed by atoms with van der Waals surface area (Å²) in [5.74, 6) is -0.0211. The summed E-state index contributed by atoms with van der Waals surface area (Å²) in [4.78, 5) is 13.9. The number of hydrogen-bond acceptors (Lipinski definition) is 2. The maximum absolute atomic E-state index is 13.4. The van der Waals surface area contributed by atoms with Gasteiger partial charge in [-0.1, -0.05) is 93.7 Å². The predicted octanol–water partition coefficient (Wildman–Crippen LogP) is 4.81. The van der Waals surface area contributed by atoms with Crippen LogP contribution in [0.1, 0.15) is 48.3 Å². The standard InChI is InChI=1S/C25H26N2OS/c1-25(2,3)21-14-12-20(13-15-21)23(28)22(27-16-8-5-9-17-27)24(29)26-18-19-10-6-4-7-11-19/h4-17,22H,18H2,1-3H3/p+1/t22-/m1/s1. The average Bonchev–Trinajstić information content (AvgIpc) is 2.73. The second-order valence-corrected chi connectivity index (χ2v) is 8.56. The Morgan fingerprint density at radius 3 is 2.10 bits per heavy atom. The Morgan fingerprint density at radius 1 is 0.931 bits per heavy atom. The van der Waals surface area contributed by atoms with Gasteiger partial charge in [0.15, 0.2) is 17.4 Å². The van der Waals surface area contributed by atoms with E-state index in [2.05, 4.69) is 26.1 Å². The molecular formula is C25H27N2OS+. The number of ketones is 1. The molecule has 0 saturated carbocycles. The van der Waals surface area contributed by atoms with Gasteiger partial charge in [0.05, 0.1) is 0 Å². The molecule has 0 fully saturated rings. The zero-order valence-electron chi connectivity index (χ0n) is 17.1. The van der Waals surface area contributed by atoms with Crippen molar-refractivity contribution in [1.82, 2.24) is 5.32 Å². The first kappa shape index (κ1) is 20.9. The van der Waals surface area contributed by atoms with Crippen LogP contribution >= 0.6 is 12.2 Å². The van der Waals surface area contributed by atoms with Crippen molar-refractivity contribution in [3.05, 3.63) is 102 Å². The molecular weight excluding hydrogens is 376 g/mol. The molecule has 0 aliphatic heterocycles. The Morgan fingerprint density at radius 2 is 1.52 bits per heavy atom. The highest BCUT2D eigenvalue weighted by Crippen LogP contribution is 2.23. The summed E-state index contributed by atoms with van der Waals surface area (Å²) in [6.07, 6.45) is 3.76. The van der Waals surface area contributed by atoms with Crippen LogP contribution in [-0.4, -0.2) is 10.8 Å². The Hall–Kier alpha value is -2.85. The van der Waals surface area contributed by atoms with Crippen LogP contribution in [-0.2, 0) is 12.0 Å². The first-order valence-corrected chi connectivity index (χ1v) is 10.2. The zero-order valence-corrected chi connectivity index (χ0v) is 17.9. The lowest BCUT2D eigenvalue weighted by Crippen LogP contribution is -2.51. The highest BCUT2D eigenvalue weighted by Gasteiger charge is 2.33. The van der Waals surface area contributed by atoms with Crippen LogP contribution in [0.5, 0.6) is 0 Å². The molecule has 3 rings (SSSR count). The molecule has 1 heterocycles. The lowest BCUT2D eigenvalue weighted by atomic mass is 9.86. The SMILES string of the molecule is CC(C)(C)c1ccc(C(=O)[C@H](C(=S)NCc2ccccc2)[n+]2ccccc2)cc1. The van der Waals surface area contributed by atoms with Crippen LogP contribution in [0.15, 0.2) is 85.2 Å². The van der Waals surface area contributed by atoms with Gasteiger partial charge in [-0.3, -0.25) is 4.79 Å². The fourth-order valence-corrected chi connectivity index (χ4v) is 3.45. The van der Waals surface area contributed by atoms with E-state index in [-0.39, 0.29) is 11.2 Å². The topological polar surface area (TPSA) is 33.0 Å². The van der Waals surface area contributed by atoms with E-state index >= 15 is 0 Å². The highest BCUT2D eigenvalue weighted by atomic mass is 32.1. The van der Waals surface area contributed by atoms with Crippen LogP contribution in [0, 0.1) is 0 Å². The summed E-state index contributed by atoms with van der Waals surface area (Å²) in [5, 5.41) is 3.27. The summed E-state index contributed by atoms with van der Waals surface area (Å²) >= 11 is 5.67. The summed E-state index contributed by atoms with van der Waals surface area (Å²) in [6, 6.07) is 23.0. The van der Waals surface area contributed by atoms with Gasteiger partial charge in [0, 0.05) is 24.2 Å². The van der Waals surface area contributed by atoms with Crippen LogP contribution in [0.25, 0.3) is 0 Å². The number of carbonyl (C=O) groups excluding carboxylic acids is 1. The summed E-state index contributed by atoms with van der Waals surface area (Å²) in [7, 11) is 0. The Kier molecular flexibility index (Phi) is 6.55. The van der Waals surface area contributed by atoms with E-state index in [0.717, 1.165) is 5.56 Å². The van der Waals surface area contributed by atoms with E-state index in [0.29, 0.717) is 17.1 Å².